The quantitative estimate of drug-likeness (QED) is 0.152. The van der Waals surface area contributed by atoms with Gasteiger partial charge in [-0.25, -0.2) is 15.0 Å². The Morgan fingerprint density at radius 3 is 1.43 bits per heavy atom. The van der Waals surface area contributed by atoms with Crippen molar-refractivity contribution in [2.45, 2.75) is 6.92 Å². The van der Waals surface area contributed by atoms with Crippen molar-refractivity contribution < 1.29 is 37.0 Å². The third-order valence-corrected chi connectivity index (χ3v) is 10.3. The summed E-state index contributed by atoms with van der Waals surface area (Å²) in [5.74, 6) is -2.82. The molecule has 1 unspecified atom stereocenters. The molecule has 7 rings (SSSR count). The Morgan fingerprint density at radius 2 is 0.841 bits per heavy atom. The second-order valence-corrected chi connectivity index (χ2v) is 12.4. The monoisotopic (exact) mass is 608 g/mol. The van der Waals surface area contributed by atoms with Crippen molar-refractivity contribution in [2.75, 3.05) is 0 Å². The van der Waals surface area contributed by atoms with Crippen LogP contribution in [0.4, 0.5) is 0 Å². The van der Waals surface area contributed by atoms with Crippen LogP contribution in [-0.2, 0) is 0 Å². The highest BCUT2D eigenvalue weighted by molar-refractivity contribution is 7.19. The highest BCUT2D eigenvalue weighted by Gasteiger charge is 2.41. The molecule has 4 heteroatoms. The van der Waals surface area contributed by atoms with E-state index in [1.54, 1.807) is 0 Å². The lowest BCUT2D eigenvalue weighted by Crippen LogP contribution is -2.74. The third kappa shape index (κ3) is 5.17. The molecule has 0 saturated heterocycles. The van der Waals surface area contributed by atoms with Crippen LogP contribution in [0.15, 0.2) is 169 Å². The maximum atomic E-state index is 10.1. The van der Waals surface area contributed by atoms with Crippen molar-refractivity contribution in [3.63, 3.8) is 0 Å². The molecule has 0 aliphatic carbocycles. The van der Waals surface area contributed by atoms with Gasteiger partial charge in [0.05, 0.1) is 37.0 Å². The highest BCUT2D eigenvalue weighted by atomic mass is 28.3. The van der Waals surface area contributed by atoms with Crippen LogP contribution in [0.2, 0.25) is 0 Å². The molecule has 0 N–H and O–H groups in total. The van der Waals surface area contributed by atoms with Gasteiger partial charge in [-0.05, 0) is 27.7 Å². The first-order valence-corrected chi connectivity index (χ1v) is 14.7. The van der Waals surface area contributed by atoms with E-state index in [0.717, 1.165) is 0 Å². The van der Waals surface area contributed by atoms with Gasteiger partial charge in [-0.2, -0.15) is 0 Å². The fraction of sp³-hybridized carbons (Fsp3) is 0.0250. The molecule has 1 atom stereocenters. The Balaban J connectivity index is 1.86. The van der Waals surface area contributed by atoms with Crippen molar-refractivity contribution in [3.05, 3.63) is 175 Å². The van der Waals surface area contributed by atoms with Gasteiger partial charge in [-0.15, -0.1) is 0 Å². The zero-order valence-electron chi connectivity index (χ0n) is 49.4. The van der Waals surface area contributed by atoms with E-state index < -0.39 is 226 Å². The molecule has 0 spiro atoms. The lowest BCUT2D eigenvalue weighted by Gasteiger charge is -2.34. The minimum Gasteiger partial charge on any atom is -0.208 e. The van der Waals surface area contributed by atoms with Crippen LogP contribution in [0.1, 0.15) is 42.6 Å². The molecule has 0 radical (unpaired) electrons. The summed E-state index contributed by atoms with van der Waals surface area (Å²) >= 11 is 0. The van der Waals surface area contributed by atoms with Gasteiger partial charge in [-0.1, -0.05) is 175 Å². The SMILES string of the molecule is [2H]c1cc([Si](c2c([2H])c([2H])c([2H])c([2H])c2[2H])(c2c([2H])c([2H])c(C)c([2H])c2[2H])c2c([2H])c([2H])c([2H])c(-c3nc(-c4c([2H])c([2H])c([2H])c([2H])c4[2H])nc(-c4c([2H])c([2H])c([2H])c([2H])c4[2H])n3)c2[2H])c([2H])c([2H])c1[2H]. The van der Waals surface area contributed by atoms with Gasteiger partial charge in [0.2, 0.25) is 0 Å². The average molecular weight is 609 g/mol. The minimum absolute atomic E-state index is 0.297. The number of aromatic nitrogens is 3. The minimum atomic E-state index is -6.06. The van der Waals surface area contributed by atoms with Crippen molar-refractivity contribution in [1.29, 1.82) is 0 Å². The van der Waals surface area contributed by atoms with Crippen LogP contribution in [0, 0.1) is 6.92 Å². The largest absolute Gasteiger partial charge is 0.208 e. The van der Waals surface area contributed by atoms with Gasteiger partial charge in [0.15, 0.2) is 25.5 Å². The third-order valence-electron chi connectivity index (χ3n) is 6.26. The van der Waals surface area contributed by atoms with E-state index in [1.165, 1.54) is 6.92 Å². The van der Waals surface area contributed by atoms with Gasteiger partial charge in [0, 0.05) is 16.7 Å². The van der Waals surface area contributed by atoms with Crippen LogP contribution in [0.5, 0.6) is 0 Å². The molecule has 1 heterocycles. The van der Waals surface area contributed by atoms with Crippen molar-refractivity contribution in [3.8, 4) is 34.2 Å². The number of benzene rings is 6. The zero-order valence-corrected chi connectivity index (χ0v) is 23.4. The van der Waals surface area contributed by atoms with Gasteiger partial charge in [0.25, 0.3) is 0 Å². The summed E-state index contributed by atoms with van der Waals surface area (Å²) in [6, 6.07) is -26.5. The van der Waals surface area contributed by atoms with Crippen LogP contribution < -0.4 is 20.7 Å². The molecule has 0 bridgehead atoms. The van der Waals surface area contributed by atoms with Gasteiger partial charge in [-0.3, -0.25) is 0 Å². The maximum Gasteiger partial charge on any atom is 0.179 e. The number of hydrogen-bond donors (Lipinski definition) is 0. The van der Waals surface area contributed by atoms with E-state index in [-0.39, 0.29) is 5.56 Å². The van der Waals surface area contributed by atoms with Crippen molar-refractivity contribution in [2.24, 2.45) is 0 Å². The fourth-order valence-corrected chi connectivity index (χ4v) is 8.00. The molecule has 6 aromatic carbocycles. The molecule has 0 amide bonds. The van der Waals surface area contributed by atoms with Crippen molar-refractivity contribution >= 4 is 28.8 Å². The Morgan fingerprint density at radius 1 is 0.409 bits per heavy atom. The lowest BCUT2D eigenvalue weighted by atomic mass is 10.1. The Bertz CT molecular complexity index is 3270. The molecule has 1 aromatic heterocycles. The normalized spacial score (nSPS) is 21.0. The fourth-order valence-electron chi connectivity index (χ4n) is 4.34. The molecule has 44 heavy (non-hydrogen) atoms. The van der Waals surface area contributed by atoms with Crippen molar-refractivity contribution in [1.82, 2.24) is 15.0 Å². The molecule has 7 aromatic rings. The van der Waals surface area contributed by atoms with E-state index in [2.05, 4.69) is 15.0 Å². The predicted octanol–water partition coefficient (Wildman–Crippen LogP) is 6.56. The summed E-state index contributed by atoms with van der Waals surface area (Å²) in [7, 11) is -6.06. The molecule has 0 fully saturated rings. The van der Waals surface area contributed by atoms with Crippen LogP contribution >= 0.6 is 0 Å². The second kappa shape index (κ2) is 12.0. The molecular formula is C40H31N3Si. The summed E-state index contributed by atoms with van der Waals surface area (Å²) in [6.45, 7) is 1.19. The van der Waals surface area contributed by atoms with Crippen LogP contribution in [0.25, 0.3) is 34.2 Å². The summed E-state index contributed by atoms with van der Waals surface area (Å²) in [5, 5.41) is -3.77. The molecular weight excluding hydrogens is 551 g/mol. The Labute approximate surface area is 297 Å². The standard InChI is InChI=1S/C40H31N3Si/c1-30-25-27-36(28-26-30)44(34-20-10-4-11-21-34,35-22-12-5-13-23-35)37-24-14-19-33(29-37)40-42-38(31-15-6-2-7-16-31)41-39(43-40)32-17-8-3-9-18-32/h2-29H,1H3/i2D,3D,4D,5D,6D,7D,8D,9D,10D,11D,12D,13D,14D,15D,16D,17D,18D,19D,20D,21D,22D,24D,25D,26D,27D,28D,29D. The molecule has 3 nitrogen and oxygen atoms in total. The molecule has 0 aliphatic rings. The van der Waals surface area contributed by atoms with Crippen LogP contribution in [0.3, 0.4) is 0 Å². The first kappa shape index (κ1) is 10.6. The number of nitrogens with zero attached hydrogens (tertiary/aromatic N) is 3. The first-order chi connectivity index (χ1) is 32.9. The Kier molecular flexibility index (Phi) is 2.90. The second-order valence-electron chi connectivity index (χ2n) is 8.88. The topological polar surface area (TPSA) is 38.7 Å². The van der Waals surface area contributed by atoms with E-state index >= 15 is 0 Å². The van der Waals surface area contributed by atoms with E-state index in [0.29, 0.717) is 6.07 Å². The van der Waals surface area contributed by atoms with Gasteiger partial charge in [0.1, 0.15) is 0 Å². The summed E-state index contributed by atoms with van der Waals surface area (Å²) < 4.78 is 240. The first-order valence-electron chi connectivity index (χ1n) is 26.2. The molecule has 210 valence electrons. The number of rotatable bonds is 7. The predicted molar refractivity (Wildman–Crippen MR) is 184 cm³/mol. The smallest absolute Gasteiger partial charge is 0.179 e. The van der Waals surface area contributed by atoms with E-state index in [9.17, 15) is 12.3 Å². The van der Waals surface area contributed by atoms with E-state index in [4.69, 9.17) is 24.7 Å². The highest BCUT2D eigenvalue weighted by Crippen LogP contribution is 2.25. The summed E-state index contributed by atoms with van der Waals surface area (Å²) in [6.07, 6.45) is 0. The number of hydrogen-bond acceptors (Lipinski definition) is 3. The zero-order chi connectivity index (χ0) is 53.3. The summed E-state index contributed by atoms with van der Waals surface area (Å²) in [4.78, 5) is 12.7. The van der Waals surface area contributed by atoms with Gasteiger partial charge < -0.3 is 0 Å². The maximum absolute atomic E-state index is 10.1. The molecule has 0 aliphatic heterocycles. The van der Waals surface area contributed by atoms with Gasteiger partial charge >= 0.3 is 0 Å². The average Bonchev–Trinajstić information content (AvgIpc) is 3.33. The summed E-state index contributed by atoms with van der Waals surface area (Å²) in [5.41, 5.74) is -2.89. The lowest BCUT2D eigenvalue weighted by molar-refractivity contribution is 1.07. The van der Waals surface area contributed by atoms with Crippen LogP contribution in [-0.4, -0.2) is 23.0 Å². The van der Waals surface area contributed by atoms with E-state index in [1.807, 2.05) is 0 Å². The Hall–Kier alpha value is -5.45. The molecule has 0 saturated carbocycles.